The van der Waals surface area contributed by atoms with Gasteiger partial charge in [-0.1, -0.05) is 13.0 Å². The third-order valence-electron chi connectivity index (χ3n) is 3.13. The van der Waals surface area contributed by atoms with E-state index in [9.17, 15) is 0 Å². The number of benzene rings is 1. The fraction of sp³-hybridized carbons (Fsp3) is 0.462. The van der Waals surface area contributed by atoms with E-state index in [2.05, 4.69) is 47.5 Å². The molecule has 2 heterocycles. The zero-order valence-corrected chi connectivity index (χ0v) is 12.3. The maximum atomic E-state index is 4.49. The lowest BCUT2D eigenvalue weighted by Crippen LogP contribution is -2.29. The zero-order valence-electron chi connectivity index (χ0n) is 10.6. The maximum Gasteiger partial charge on any atom is 0.0907 e. The first-order valence-electron chi connectivity index (χ1n) is 6.05. The van der Waals surface area contributed by atoms with Crippen molar-refractivity contribution in [2.24, 2.45) is 5.92 Å². The van der Waals surface area contributed by atoms with Crippen LogP contribution in [0.2, 0.25) is 0 Å². The number of hydrazine groups is 1. The first-order chi connectivity index (χ1) is 8.20. The van der Waals surface area contributed by atoms with Gasteiger partial charge in [-0.25, -0.2) is 9.99 Å². The molecule has 1 aliphatic rings. The van der Waals surface area contributed by atoms with Gasteiger partial charge in [-0.2, -0.15) is 0 Å². The lowest BCUT2D eigenvalue weighted by Gasteiger charge is -2.15. The molecule has 1 unspecified atom stereocenters. The number of hydrogen-bond acceptors (Lipinski definition) is 4. The fourth-order valence-corrected chi connectivity index (χ4v) is 3.20. The van der Waals surface area contributed by atoms with Gasteiger partial charge in [0.1, 0.15) is 0 Å². The van der Waals surface area contributed by atoms with Crippen LogP contribution < -0.4 is 5.43 Å². The van der Waals surface area contributed by atoms with Crippen molar-refractivity contribution in [1.82, 2.24) is 15.4 Å². The molecule has 1 fully saturated rings. The van der Waals surface area contributed by atoms with Crippen molar-refractivity contribution >= 4 is 34.0 Å². The largest absolute Gasteiger partial charge is 0.255 e. The first-order valence-corrected chi connectivity index (χ1v) is 6.87. The van der Waals surface area contributed by atoms with Gasteiger partial charge in [0, 0.05) is 19.6 Å². The molecule has 18 heavy (non-hydrogen) atoms. The van der Waals surface area contributed by atoms with Crippen molar-refractivity contribution in [1.29, 1.82) is 0 Å². The topological polar surface area (TPSA) is 28.2 Å². The van der Waals surface area contributed by atoms with E-state index >= 15 is 0 Å². The summed E-state index contributed by atoms with van der Waals surface area (Å²) in [4.78, 5) is 4.49. The van der Waals surface area contributed by atoms with E-state index < -0.39 is 0 Å². The van der Waals surface area contributed by atoms with Gasteiger partial charge >= 0.3 is 0 Å². The molecule has 3 rings (SSSR count). The molecule has 1 N–H and O–H groups in total. The summed E-state index contributed by atoms with van der Waals surface area (Å²) in [6.07, 6.45) is 0. The van der Waals surface area contributed by atoms with Crippen molar-refractivity contribution in [2.75, 3.05) is 13.1 Å². The average molecular weight is 284 g/mol. The summed E-state index contributed by atoms with van der Waals surface area (Å²) in [5.41, 5.74) is 5.92. The number of aryl methyl sites for hydroxylation is 1. The summed E-state index contributed by atoms with van der Waals surface area (Å²) < 4.78 is 1.30. The van der Waals surface area contributed by atoms with E-state index in [4.69, 9.17) is 0 Å². The summed E-state index contributed by atoms with van der Waals surface area (Å²) in [6.45, 7) is 7.57. The Labute approximate surface area is 118 Å². The monoisotopic (exact) mass is 283 g/mol. The summed E-state index contributed by atoms with van der Waals surface area (Å²) in [5.74, 6) is 0.754. The molecule has 98 valence electrons. The van der Waals surface area contributed by atoms with Crippen LogP contribution >= 0.6 is 23.7 Å². The quantitative estimate of drug-likeness (QED) is 0.918. The third kappa shape index (κ3) is 2.83. The first kappa shape index (κ1) is 13.7. The number of nitrogens with zero attached hydrogens (tertiary/aromatic N) is 2. The van der Waals surface area contributed by atoms with Gasteiger partial charge in [0.15, 0.2) is 0 Å². The second kappa shape index (κ2) is 5.53. The summed E-state index contributed by atoms with van der Waals surface area (Å²) >= 11 is 1.77. The average Bonchev–Trinajstić information content (AvgIpc) is 2.83. The molecule has 1 aromatic carbocycles. The van der Waals surface area contributed by atoms with Crippen LogP contribution in [0.5, 0.6) is 0 Å². The SMILES string of the molecule is Cc1nc2ccc(CN3CC(C)CN3)cc2s1.Cl. The molecular weight excluding hydrogens is 266 g/mol. The van der Waals surface area contributed by atoms with Gasteiger partial charge in [0.25, 0.3) is 0 Å². The van der Waals surface area contributed by atoms with Crippen LogP contribution in [0, 0.1) is 12.8 Å². The van der Waals surface area contributed by atoms with Crippen molar-refractivity contribution in [3.8, 4) is 0 Å². The Hall–Kier alpha value is -0.680. The molecule has 5 heteroatoms. The van der Waals surface area contributed by atoms with Gasteiger partial charge in [0.05, 0.1) is 15.2 Å². The number of rotatable bonds is 2. The smallest absolute Gasteiger partial charge is 0.0907 e. The highest BCUT2D eigenvalue weighted by Gasteiger charge is 2.17. The fourth-order valence-electron chi connectivity index (χ4n) is 2.31. The summed E-state index contributed by atoms with van der Waals surface area (Å²) in [5, 5.41) is 3.45. The molecule has 0 bridgehead atoms. The van der Waals surface area contributed by atoms with E-state index in [-0.39, 0.29) is 12.4 Å². The molecule has 3 nitrogen and oxygen atoms in total. The van der Waals surface area contributed by atoms with Gasteiger partial charge < -0.3 is 0 Å². The third-order valence-corrected chi connectivity index (χ3v) is 4.06. The number of halogens is 1. The van der Waals surface area contributed by atoms with Crippen LogP contribution in [0.3, 0.4) is 0 Å². The van der Waals surface area contributed by atoms with Crippen LogP contribution in [0.1, 0.15) is 17.5 Å². The van der Waals surface area contributed by atoms with Gasteiger partial charge in [0.2, 0.25) is 0 Å². The highest BCUT2D eigenvalue weighted by molar-refractivity contribution is 7.18. The van der Waals surface area contributed by atoms with E-state index in [0.29, 0.717) is 0 Å². The molecule has 0 aliphatic carbocycles. The molecule has 1 aromatic heterocycles. The number of aromatic nitrogens is 1. The minimum absolute atomic E-state index is 0. The van der Waals surface area contributed by atoms with E-state index in [0.717, 1.165) is 36.1 Å². The Morgan fingerprint density at radius 1 is 1.50 bits per heavy atom. The highest BCUT2D eigenvalue weighted by atomic mass is 35.5. The molecular formula is C13H18ClN3S. The van der Waals surface area contributed by atoms with Gasteiger partial charge in [-0.3, -0.25) is 5.43 Å². The van der Waals surface area contributed by atoms with Crippen LogP contribution in [0.4, 0.5) is 0 Å². The minimum atomic E-state index is 0. The summed E-state index contributed by atoms with van der Waals surface area (Å²) in [6, 6.07) is 6.59. The Kier molecular flexibility index (Phi) is 4.22. The van der Waals surface area contributed by atoms with Crippen LogP contribution in [-0.2, 0) is 6.54 Å². The van der Waals surface area contributed by atoms with E-state index in [1.54, 1.807) is 11.3 Å². The zero-order chi connectivity index (χ0) is 11.8. The number of fused-ring (bicyclic) bond motifs is 1. The van der Waals surface area contributed by atoms with Crippen LogP contribution in [0.25, 0.3) is 10.2 Å². The normalized spacial score (nSPS) is 20.2. The lowest BCUT2D eigenvalue weighted by atomic mass is 10.2. The number of nitrogens with one attached hydrogen (secondary N) is 1. The molecule has 1 atom stereocenters. The van der Waals surface area contributed by atoms with Crippen LogP contribution in [-0.4, -0.2) is 23.1 Å². The number of hydrogen-bond donors (Lipinski definition) is 1. The van der Waals surface area contributed by atoms with Gasteiger partial charge in [-0.05, 0) is 30.5 Å². The minimum Gasteiger partial charge on any atom is -0.255 e. The van der Waals surface area contributed by atoms with E-state index in [1.807, 2.05) is 0 Å². The molecule has 0 spiro atoms. The Bertz CT molecular complexity index is 540. The summed E-state index contributed by atoms with van der Waals surface area (Å²) in [7, 11) is 0. The predicted octanol–water partition coefficient (Wildman–Crippen LogP) is 2.98. The Balaban J connectivity index is 0.00000120. The standard InChI is InChI=1S/C13H17N3S.ClH/c1-9-6-14-16(7-9)8-11-3-4-12-13(5-11)17-10(2)15-12;/h3-5,9,14H,6-8H2,1-2H3;1H. The van der Waals surface area contributed by atoms with Crippen molar-refractivity contribution in [3.05, 3.63) is 28.8 Å². The van der Waals surface area contributed by atoms with Gasteiger partial charge in [-0.15, -0.1) is 23.7 Å². The van der Waals surface area contributed by atoms with Crippen molar-refractivity contribution in [3.63, 3.8) is 0 Å². The molecule has 0 radical (unpaired) electrons. The molecule has 1 saturated heterocycles. The maximum absolute atomic E-state index is 4.49. The van der Waals surface area contributed by atoms with Crippen LogP contribution in [0.15, 0.2) is 18.2 Å². The Morgan fingerprint density at radius 3 is 3.06 bits per heavy atom. The van der Waals surface area contributed by atoms with E-state index in [1.165, 1.54) is 10.3 Å². The van der Waals surface area contributed by atoms with Crippen molar-refractivity contribution in [2.45, 2.75) is 20.4 Å². The lowest BCUT2D eigenvalue weighted by molar-refractivity contribution is 0.240. The second-order valence-corrected chi connectivity index (χ2v) is 6.12. The molecule has 1 aliphatic heterocycles. The van der Waals surface area contributed by atoms with Crippen molar-refractivity contribution < 1.29 is 0 Å². The number of thiazole rings is 1. The highest BCUT2D eigenvalue weighted by Crippen LogP contribution is 2.23. The molecule has 0 saturated carbocycles. The predicted molar refractivity (Wildman–Crippen MR) is 79.2 cm³/mol. The second-order valence-electron chi connectivity index (χ2n) is 4.88. The molecule has 0 amide bonds. The Morgan fingerprint density at radius 2 is 2.33 bits per heavy atom. The molecule has 2 aromatic rings.